The van der Waals surface area contributed by atoms with Crippen LogP contribution in [0.4, 0.5) is 0 Å². The van der Waals surface area contributed by atoms with Gasteiger partial charge in [0, 0.05) is 0 Å². The van der Waals surface area contributed by atoms with Gasteiger partial charge in [-0.1, -0.05) is 0 Å². The number of rotatable bonds is 4. The molecule has 15 heavy (non-hydrogen) atoms. The first-order chi connectivity index (χ1) is 6.83. The zero-order valence-electron chi connectivity index (χ0n) is 8.22. The second kappa shape index (κ2) is 4.03. The zero-order valence-corrected chi connectivity index (χ0v) is 9.04. The lowest BCUT2D eigenvalue weighted by Gasteiger charge is -2.07. The lowest BCUT2D eigenvalue weighted by molar-refractivity contribution is -0.138. The summed E-state index contributed by atoms with van der Waals surface area (Å²) >= 11 is 0. The van der Waals surface area contributed by atoms with E-state index in [0.29, 0.717) is 5.76 Å². The second-order valence-electron chi connectivity index (χ2n) is 3.05. The highest BCUT2D eigenvalue weighted by Gasteiger charge is 2.23. The van der Waals surface area contributed by atoms with Crippen LogP contribution in [0.2, 0.25) is 0 Å². The summed E-state index contributed by atoms with van der Waals surface area (Å²) in [4.78, 5) is 10.5. The summed E-state index contributed by atoms with van der Waals surface area (Å²) in [6.07, 6.45) is 0. The van der Waals surface area contributed by atoms with E-state index in [4.69, 9.17) is 9.52 Å². The topological polar surface area (TPSA) is 96.6 Å². The highest BCUT2D eigenvalue weighted by Crippen LogP contribution is 2.12. The molecule has 0 fully saturated rings. The second-order valence-corrected chi connectivity index (χ2v) is 4.69. The molecule has 84 valence electrons. The number of hydrogen-bond donors (Lipinski definition) is 2. The molecule has 0 saturated carbocycles. The SMILES string of the molecule is Cc1ccc(S(=O)(=O)NC(C)C(=O)O)o1. The van der Waals surface area contributed by atoms with E-state index in [0.717, 1.165) is 0 Å². The number of sulfonamides is 1. The van der Waals surface area contributed by atoms with E-state index in [9.17, 15) is 13.2 Å². The van der Waals surface area contributed by atoms with Gasteiger partial charge in [0.25, 0.3) is 10.0 Å². The molecule has 1 atom stereocenters. The van der Waals surface area contributed by atoms with Crippen LogP contribution in [-0.2, 0) is 14.8 Å². The fourth-order valence-corrected chi connectivity index (χ4v) is 2.07. The molecular formula is C8H11NO5S. The Morgan fingerprint density at radius 3 is 2.53 bits per heavy atom. The first kappa shape index (κ1) is 11.7. The molecule has 0 radical (unpaired) electrons. The van der Waals surface area contributed by atoms with Gasteiger partial charge in [0.1, 0.15) is 11.8 Å². The van der Waals surface area contributed by atoms with Crippen molar-refractivity contribution in [1.82, 2.24) is 4.72 Å². The molecule has 0 spiro atoms. The summed E-state index contributed by atoms with van der Waals surface area (Å²) in [6.45, 7) is 2.83. The first-order valence-electron chi connectivity index (χ1n) is 4.14. The van der Waals surface area contributed by atoms with Crippen molar-refractivity contribution in [2.24, 2.45) is 0 Å². The molecule has 0 aliphatic carbocycles. The van der Waals surface area contributed by atoms with Crippen LogP contribution < -0.4 is 4.72 Å². The van der Waals surface area contributed by atoms with Crippen molar-refractivity contribution < 1.29 is 22.7 Å². The summed E-state index contributed by atoms with van der Waals surface area (Å²) in [5, 5.41) is 8.26. The van der Waals surface area contributed by atoms with Crippen LogP contribution in [0.5, 0.6) is 0 Å². The molecular weight excluding hydrogens is 222 g/mol. The van der Waals surface area contributed by atoms with Crippen molar-refractivity contribution in [2.75, 3.05) is 0 Å². The van der Waals surface area contributed by atoms with Crippen LogP contribution >= 0.6 is 0 Å². The highest BCUT2D eigenvalue weighted by atomic mass is 32.2. The predicted octanol–water partition coefficient (Wildman–Crippen LogP) is 0.339. The molecule has 0 aliphatic rings. The summed E-state index contributed by atoms with van der Waals surface area (Å²) in [7, 11) is -3.88. The van der Waals surface area contributed by atoms with E-state index in [-0.39, 0.29) is 5.09 Å². The largest absolute Gasteiger partial charge is 0.480 e. The molecule has 1 unspecified atom stereocenters. The average molecular weight is 233 g/mol. The maximum atomic E-state index is 11.5. The van der Waals surface area contributed by atoms with Gasteiger partial charge in [-0.2, -0.15) is 4.72 Å². The maximum absolute atomic E-state index is 11.5. The zero-order chi connectivity index (χ0) is 11.6. The van der Waals surface area contributed by atoms with Crippen LogP contribution in [0.3, 0.4) is 0 Å². The number of furan rings is 1. The lowest BCUT2D eigenvalue weighted by Crippen LogP contribution is -2.38. The smallest absolute Gasteiger partial charge is 0.321 e. The third kappa shape index (κ3) is 2.80. The van der Waals surface area contributed by atoms with Crippen molar-refractivity contribution in [3.8, 4) is 0 Å². The van der Waals surface area contributed by atoms with Crippen molar-refractivity contribution in [3.05, 3.63) is 17.9 Å². The monoisotopic (exact) mass is 233 g/mol. The molecule has 0 aromatic carbocycles. The van der Waals surface area contributed by atoms with E-state index in [1.54, 1.807) is 6.92 Å². The molecule has 2 N–H and O–H groups in total. The molecule has 0 bridgehead atoms. The van der Waals surface area contributed by atoms with E-state index in [2.05, 4.69) is 0 Å². The van der Waals surface area contributed by atoms with E-state index in [1.807, 2.05) is 4.72 Å². The van der Waals surface area contributed by atoms with Crippen LogP contribution in [0.1, 0.15) is 12.7 Å². The molecule has 1 rings (SSSR count). The number of carboxylic acids is 1. The summed E-state index contributed by atoms with van der Waals surface area (Å²) < 4.78 is 29.8. The van der Waals surface area contributed by atoms with Crippen LogP contribution in [0, 0.1) is 6.92 Å². The van der Waals surface area contributed by atoms with Gasteiger partial charge in [-0.3, -0.25) is 4.79 Å². The predicted molar refractivity (Wildman–Crippen MR) is 50.9 cm³/mol. The molecule has 1 aromatic heterocycles. The Morgan fingerprint density at radius 2 is 2.13 bits per heavy atom. The number of aryl methyl sites for hydroxylation is 1. The van der Waals surface area contributed by atoms with E-state index < -0.39 is 22.0 Å². The van der Waals surface area contributed by atoms with Gasteiger partial charge < -0.3 is 9.52 Å². The maximum Gasteiger partial charge on any atom is 0.321 e. The number of hydrogen-bond acceptors (Lipinski definition) is 4. The molecule has 0 aliphatic heterocycles. The van der Waals surface area contributed by atoms with Crippen LogP contribution in [0.15, 0.2) is 21.6 Å². The third-order valence-corrected chi connectivity index (χ3v) is 3.10. The van der Waals surface area contributed by atoms with Gasteiger partial charge >= 0.3 is 5.97 Å². The van der Waals surface area contributed by atoms with Gasteiger partial charge in [-0.25, -0.2) is 8.42 Å². The summed E-state index contributed by atoms with van der Waals surface area (Å²) in [5.74, 6) is -0.805. The fraction of sp³-hybridized carbons (Fsp3) is 0.375. The Kier molecular flexibility index (Phi) is 3.15. The van der Waals surface area contributed by atoms with Crippen molar-refractivity contribution >= 4 is 16.0 Å². The summed E-state index contributed by atoms with van der Waals surface area (Å²) in [6, 6.07) is 1.56. The van der Waals surface area contributed by atoms with Gasteiger partial charge in [-0.05, 0) is 26.0 Å². The van der Waals surface area contributed by atoms with Crippen molar-refractivity contribution in [1.29, 1.82) is 0 Å². The van der Waals surface area contributed by atoms with Gasteiger partial charge in [-0.15, -0.1) is 0 Å². The Morgan fingerprint density at radius 1 is 1.53 bits per heavy atom. The fourth-order valence-electron chi connectivity index (χ4n) is 0.898. The standard InChI is InChI=1S/C8H11NO5S/c1-5-3-4-7(14-5)15(12,13)9-6(2)8(10)11/h3-4,6,9H,1-2H3,(H,10,11). The number of carbonyl (C=O) groups is 1. The molecule has 1 heterocycles. The quantitative estimate of drug-likeness (QED) is 0.781. The minimum Gasteiger partial charge on any atom is -0.480 e. The van der Waals surface area contributed by atoms with Crippen molar-refractivity contribution in [3.63, 3.8) is 0 Å². The Labute approximate surface area is 87.0 Å². The number of nitrogens with one attached hydrogen (secondary N) is 1. The van der Waals surface area contributed by atoms with Gasteiger partial charge in [0.15, 0.2) is 0 Å². The van der Waals surface area contributed by atoms with Crippen LogP contribution in [0.25, 0.3) is 0 Å². The summed E-state index contributed by atoms with van der Waals surface area (Å²) in [5.41, 5.74) is 0. The van der Waals surface area contributed by atoms with Crippen molar-refractivity contribution in [2.45, 2.75) is 25.0 Å². The van der Waals surface area contributed by atoms with E-state index in [1.165, 1.54) is 19.1 Å². The normalized spacial score (nSPS) is 13.7. The Balaban J connectivity index is 2.90. The van der Waals surface area contributed by atoms with E-state index >= 15 is 0 Å². The van der Waals surface area contributed by atoms with Gasteiger partial charge in [0.05, 0.1) is 0 Å². The average Bonchev–Trinajstić information content (AvgIpc) is 2.51. The minimum atomic E-state index is -3.88. The lowest BCUT2D eigenvalue weighted by atomic mass is 10.4. The molecule has 1 aromatic rings. The molecule has 0 amide bonds. The molecule has 6 nitrogen and oxygen atoms in total. The van der Waals surface area contributed by atoms with Gasteiger partial charge in [0.2, 0.25) is 5.09 Å². The molecule has 0 saturated heterocycles. The third-order valence-electron chi connectivity index (χ3n) is 1.68. The number of carboxylic acid groups (broad SMARTS) is 1. The van der Waals surface area contributed by atoms with Crippen LogP contribution in [-0.4, -0.2) is 25.5 Å². The first-order valence-corrected chi connectivity index (χ1v) is 5.63. The number of aliphatic carboxylic acids is 1. The Hall–Kier alpha value is -1.34. The highest BCUT2D eigenvalue weighted by molar-refractivity contribution is 7.89. The Bertz CT molecular complexity index is 461. The molecule has 7 heteroatoms. The minimum absolute atomic E-state index is 0.284.